The van der Waals surface area contributed by atoms with Gasteiger partial charge in [-0.25, -0.2) is 0 Å². The maximum atomic E-state index is 11.5. The number of hydrogen-bond acceptors (Lipinski definition) is 1. The Kier molecular flexibility index (Phi) is 2.12. The van der Waals surface area contributed by atoms with Crippen LogP contribution in [0.5, 0.6) is 0 Å². The highest BCUT2D eigenvalue weighted by molar-refractivity contribution is 6.04. The standard InChI is InChI=1S/C12H13NO/c1-9-3-6-11(7-4-9)13-10(2)5-8-12(13)14/h3-8,10H,1-2H3. The molecule has 1 unspecified atom stereocenters. The van der Waals surface area contributed by atoms with Crippen molar-refractivity contribution in [3.8, 4) is 0 Å². The second-order valence-corrected chi connectivity index (χ2v) is 3.64. The average Bonchev–Trinajstić information content (AvgIpc) is 2.49. The fraction of sp³-hybridized carbons (Fsp3) is 0.250. The molecule has 2 nitrogen and oxygen atoms in total. The molecular formula is C12H13NO. The fourth-order valence-corrected chi connectivity index (χ4v) is 1.66. The zero-order valence-corrected chi connectivity index (χ0v) is 8.40. The second kappa shape index (κ2) is 3.29. The molecule has 1 aromatic carbocycles. The second-order valence-electron chi connectivity index (χ2n) is 3.64. The molecule has 72 valence electrons. The number of carbonyl (C=O) groups excluding carboxylic acids is 1. The molecule has 0 N–H and O–H groups in total. The van der Waals surface area contributed by atoms with Gasteiger partial charge in [-0.2, -0.15) is 0 Å². The van der Waals surface area contributed by atoms with Crippen LogP contribution in [0.1, 0.15) is 12.5 Å². The van der Waals surface area contributed by atoms with Crippen molar-refractivity contribution in [1.82, 2.24) is 0 Å². The summed E-state index contributed by atoms with van der Waals surface area (Å²) in [7, 11) is 0. The molecule has 0 aliphatic carbocycles. The van der Waals surface area contributed by atoms with Gasteiger partial charge in [-0.1, -0.05) is 23.8 Å². The third-order valence-corrected chi connectivity index (χ3v) is 2.47. The van der Waals surface area contributed by atoms with E-state index >= 15 is 0 Å². The lowest BCUT2D eigenvalue weighted by Crippen LogP contribution is -2.31. The largest absolute Gasteiger partial charge is 0.302 e. The lowest BCUT2D eigenvalue weighted by Gasteiger charge is -2.21. The van der Waals surface area contributed by atoms with Crippen LogP contribution in [0.2, 0.25) is 0 Å². The minimum absolute atomic E-state index is 0.0707. The van der Waals surface area contributed by atoms with E-state index in [1.54, 1.807) is 11.0 Å². The lowest BCUT2D eigenvalue weighted by molar-refractivity contribution is -0.113. The first kappa shape index (κ1) is 9.00. The Labute approximate surface area is 83.8 Å². The number of hydrogen-bond donors (Lipinski definition) is 0. The van der Waals surface area contributed by atoms with Gasteiger partial charge in [0.1, 0.15) is 0 Å². The minimum atomic E-state index is 0.0707. The normalized spacial score (nSPS) is 20.6. The molecule has 0 fully saturated rings. The van der Waals surface area contributed by atoms with E-state index in [0.717, 1.165) is 5.69 Å². The Balaban J connectivity index is 2.31. The molecule has 1 aliphatic heterocycles. The van der Waals surface area contributed by atoms with Crippen molar-refractivity contribution >= 4 is 11.6 Å². The van der Waals surface area contributed by atoms with Gasteiger partial charge in [0.2, 0.25) is 0 Å². The first-order valence-electron chi connectivity index (χ1n) is 4.76. The van der Waals surface area contributed by atoms with Crippen molar-refractivity contribution in [1.29, 1.82) is 0 Å². The third-order valence-electron chi connectivity index (χ3n) is 2.47. The molecule has 2 rings (SSSR count). The number of carbonyl (C=O) groups is 1. The van der Waals surface area contributed by atoms with Crippen LogP contribution in [0, 0.1) is 6.92 Å². The van der Waals surface area contributed by atoms with Gasteiger partial charge in [0.15, 0.2) is 0 Å². The molecule has 0 aromatic heterocycles. The summed E-state index contributed by atoms with van der Waals surface area (Å²) in [6, 6.07) is 8.18. The summed E-state index contributed by atoms with van der Waals surface area (Å²) < 4.78 is 0. The van der Waals surface area contributed by atoms with Crippen LogP contribution in [-0.2, 0) is 4.79 Å². The molecule has 14 heavy (non-hydrogen) atoms. The van der Waals surface area contributed by atoms with Gasteiger partial charge in [0.05, 0.1) is 6.04 Å². The highest BCUT2D eigenvalue weighted by atomic mass is 16.2. The van der Waals surface area contributed by atoms with Crippen molar-refractivity contribution < 1.29 is 4.79 Å². The summed E-state index contributed by atoms with van der Waals surface area (Å²) in [4.78, 5) is 13.3. The molecule has 0 radical (unpaired) electrons. The first-order valence-corrected chi connectivity index (χ1v) is 4.76. The highest BCUT2D eigenvalue weighted by Crippen LogP contribution is 2.22. The Morgan fingerprint density at radius 2 is 1.86 bits per heavy atom. The number of aryl methyl sites for hydroxylation is 1. The van der Waals surface area contributed by atoms with E-state index in [2.05, 4.69) is 0 Å². The van der Waals surface area contributed by atoms with Crippen molar-refractivity contribution in [2.75, 3.05) is 4.90 Å². The lowest BCUT2D eigenvalue weighted by atomic mass is 10.2. The number of rotatable bonds is 1. The number of nitrogens with zero attached hydrogens (tertiary/aromatic N) is 1. The number of amides is 1. The molecule has 1 amide bonds. The highest BCUT2D eigenvalue weighted by Gasteiger charge is 2.22. The molecule has 0 bridgehead atoms. The summed E-state index contributed by atoms with van der Waals surface area (Å²) in [6.07, 6.45) is 3.55. The van der Waals surface area contributed by atoms with E-state index in [9.17, 15) is 4.79 Å². The molecule has 1 aromatic rings. The Morgan fingerprint density at radius 1 is 1.21 bits per heavy atom. The van der Waals surface area contributed by atoms with Gasteiger partial charge in [-0.05, 0) is 26.0 Å². The van der Waals surface area contributed by atoms with Gasteiger partial charge in [0, 0.05) is 11.8 Å². The molecular weight excluding hydrogens is 174 g/mol. The molecule has 0 saturated heterocycles. The number of benzene rings is 1. The third kappa shape index (κ3) is 1.43. The minimum Gasteiger partial charge on any atom is -0.302 e. The maximum Gasteiger partial charge on any atom is 0.251 e. The van der Waals surface area contributed by atoms with Gasteiger partial charge in [0.25, 0.3) is 5.91 Å². The van der Waals surface area contributed by atoms with Crippen LogP contribution < -0.4 is 4.90 Å². The molecule has 1 heterocycles. The summed E-state index contributed by atoms with van der Waals surface area (Å²) in [5, 5.41) is 0. The van der Waals surface area contributed by atoms with Gasteiger partial charge < -0.3 is 4.90 Å². The van der Waals surface area contributed by atoms with Crippen molar-refractivity contribution in [3.05, 3.63) is 42.0 Å². The van der Waals surface area contributed by atoms with Crippen molar-refractivity contribution in [2.24, 2.45) is 0 Å². The Bertz CT molecular complexity index is 378. The Hall–Kier alpha value is -1.57. The van der Waals surface area contributed by atoms with Gasteiger partial charge in [-0.3, -0.25) is 4.79 Å². The summed E-state index contributed by atoms with van der Waals surface area (Å²) in [6.45, 7) is 4.05. The zero-order valence-electron chi connectivity index (χ0n) is 8.40. The predicted octanol–water partition coefficient (Wildman–Crippen LogP) is 2.29. The smallest absolute Gasteiger partial charge is 0.251 e. The van der Waals surface area contributed by atoms with Crippen LogP contribution in [-0.4, -0.2) is 11.9 Å². The Morgan fingerprint density at radius 3 is 2.36 bits per heavy atom. The molecule has 0 spiro atoms. The fourth-order valence-electron chi connectivity index (χ4n) is 1.66. The van der Waals surface area contributed by atoms with Crippen LogP contribution in [0.15, 0.2) is 36.4 Å². The summed E-state index contributed by atoms with van der Waals surface area (Å²) in [5.41, 5.74) is 2.18. The zero-order chi connectivity index (χ0) is 10.1. The van der Waals surface area contributed by atoms with E-state index in [1.165, 1.54) is 5.56 Å². The number of anilines is 1. The van der Waals surface area contributed by atoms with Crippen molar-refractivity contribution in [2.45, 2.75) is 19.9 Å². The van der Waals surface area contributed by atoms with E-state index in [4.69, 9.17) is 0 Å². The van der Waals surface area contributed by atoms with Crippen LogP contribution >= 0.6 is 0 Å². The topological polar surface area (TPSA) is 20.3 Å². The van der Waals surface area contributed by atoms with Crippen molar-refractivity contribution in [3.63, 3.8) is 0 Å². The SMILES string of the molecule is Cc1ccc(N2C(=O)C=CC2C)cc1. The predicted molar refractivity (Wildman–Crippen MR) is 57.3 cm³/mol. The average molecular weight is 187 g/mol. The van der Waals surface area contributed by atoms with E-state index < -0.39 is 0 Å². The van der Waals surface area contributed by atoms with E-state index in [0.29, 0.717) is 0 Å². The summed E-state index contributed by atoms with van der Waals surface area (Å²) >= 11 is 0. The van der Waals surface area contributed by atoms with Crippen LogP contribution in [0.25, 0.3) is 0 Å². The molecule has 1 atom stereocenters. The first-order chi connectivity index (χ1) is 6.68. The summed E-state index contributed by atoms with van der Waals surface area (Å²) in [5.74, 6) is 0.0707. The van der Waals surface area contributed by atoms with Gasteiger partial charge in [-0.15, -0.1) is 0 Å². The monoisotopic (exact) mass is 187 g/mol. The van der Waals surface area contributed by atoms with Crippen LogP contribution in [0.4, 0.5) is 5.69 Å². The van der Waals surface area contributed by atoms with E-state index in [-0.39, 0.29) is 11.9 Å². The van der Waals surface area contributed by atoms with Crippen LogP contribution in [0.3, 0.4) is 0 Å². The maximum absolute atomic E-state index is 11.5. The molecule has 2 heteroatoms. The van der Waals surface area contributed by atoms with Gasteiger partial charge >= 0.3 is 0 Å². The quantitative estimate of drug-likeness (QED) is 0.660. The molecule has 0 saturated carbocycles. The molecule has 1 aliphatic rings. The van der Waals surface area contributed by atoms with E-state index in [1.807, 2.05) is 44.2 Å².